The Hall–Kier alpha value is -3.97. The fraction of sp³-hybridized carbons (Fsp3) is 0.167. The Balaban J connectivity index is 0.000000638. The minimum atomic E-state index is -5.08. The molecule has 204 valence electrons. The molecule has 14 heteroatoms. The van der Waals surface area contributed by atoms with Crippen LogP contribution in [0.15, 0.2) is 71.6 Å². The Morgan fingerprint density at radius 3 is 2.16 bits per heavy atom. The summed E-state index contributed by atoms with van der Waals surface area (Å²) in [6, 6.07) is 18.1. The van der Waals surface area contributed by atoms with Crippen LogP contribution in [-0.2, 0) is 21.4 Å². The van der Waals surface area contributed by atoms with Crippen LogP contribution in [0, 0.1) is 0 Å². The zero-order chi connectivity index (χ0) is 28.7. The molecule has 0 fully saturated rings. The molecular formula is C24H22ClF3N2O7S. The first-order chi connectivity index (χ1) is 17.7. The topological polar surface area (TPSA) is 133 Å². The average Bonchev–Trinajstić information content (AvgIpc) is 2.84. The second-order valence-corrected chi connectivity index (χ2v) is 9.67. The third-order valence-electron chi connectivity index (χ3n) is 4.82. The van der Waals surface area contributed by atoms with Crippen molar-refractivity contribution >= 4 is 44.9 Å². The summed E-state index contributed by atoms with van der Waals surface area (Å²) < 4.78 is 65.7. The molecule has 0 aliphatic heterocycles. The number of hydrogen-bond acceptors (Lipinski definition) is 6. The molecule has 3 aromatic rings. The molecule has 0 saturated heterocycles. The lowest BCUT2D eigenvalue weighted by Gasteiger charge is -2.24. The molecular weight excluding hydrogens is 553 g/mol. The first kappa shape index (κ1) is 30.3. The van der Waals surface area contributed by atoms with Crippen molar-refractivity contribution in [3.05, 3.63) is 82.9 Å². The number of benzene rings is 3. The molecule has 0 aliphatic rings. The van der Waals surface area contributed by atoms with Crippen LogP contribution in [0.5, 0.6) is 5.75 Å². The van der Waals surface area contributed by atoms with E-state index in [0.29, 0.717) is 12.2 Å². The fourth-order valence-electron chi connectivity index (χ4n) is 3.09. The molecule has 0 amide bonds. The maximum atomic E-state index is 13.1. The van der Waals surface area contributed by atoms with Gasteiger partial charge in [-0.05, 0) is 42.0 Å². The molecule has 0 aromatic heterocycles. The van der Waals surface area contributed by atoms with Gasteiger partial charge in [-0.2, -0.15) is 13.2 Å². The number of carboxylic acids is 2. The third-order valence-corrected chi connectivity index (χ3v) is 6.44. The van der Waals surface area contributed by atoms with Crippen molar-refractivity contribution in [2.75, 3.05) is 23.8 Å². The quantitative estimate of drug-likeness (QED) is 0.338. The Labute approximate surface area is 221 Å². The second-order valence-electron chi connectivity index (χ2n) is 7.58. The van der Waals surface area contributed by atoms with Gasteiger partial charge in [-0.1, -0.05) is 41.9 Å². The Morgan fingerprint density at radius 1 is 1.03 bits per heavy atom. The van der Waals surface area contributed by atoms with Gasteiger partial charge in [0, 0.05) is 18.6 Å². The zero-order valence-corrected chi connectivity index (χ0v) is 21.4. The van der Waals surface area contributed by atoms with Crippen LogP contribution < -0.4 is 14.4 Å². The summed E-state index contributed by atoms with van der Waals surface area (Å²) in [6.45, 7) is 0.489. The fourth-order valence-corrected chi connectivity index (χ4v) is 4.58. The number of carboxylic acid groups (broad SMARTS) is 2. The minimum absolute atomic E-state index is 0.0485. The molecule has 0 unspecified atom stereocenters. The molecule has 3 N–H and O–H groups in total. The second kappa shape index (κ2) is 12.5. The van der Waals surface area contributed by atoms with Crippen molar-refractivity contribution in [3.8, 4) is 5.75 Å². The zero-order valence-electron chi connectivity index (χ0n) is 19.9. The molecule has 0 spiro atoms. The number of nitrogens with zero attached hydrogens (tertiary/aromatic N) is 1. The van der Waals surface area contributed by atoms with Gasteiger partial charge in [0.2, 0.25) is 0 Å². The van der Waals surface area contributed by atoms with E-state index in [1.807, 2.05) is 35.2 Å². The van der Waals surface area contributed by atoms with Gasteiger partial charge < -0.3 is 19.8 Å². The molecule has 9 nitrogen and oxygen atoms in total. The molecule has 3 aromatic carbocycles. The standard InChI is InChI=1S/C22H21ClN2O5S.C2HF3O2/c1-25(14-15-6-4-3-5-7-15)19-10-8-16(22(26)27)12-18(19)24-31(28,29)21-13-17(23)9-11-20(21)30-2;3-2(4,5)1(6)7/h3-13,24H,14H2,1-2H3,(H,26,27);(H,6,7). The molecule has 0 atom stereocenters. The Morgan fingerprint density at radius 2 is 1.63 bits per heavy atom. The van der Waals surface area contributed by atoms with Gasteiger partial charge in [0.1, 0.15) is 10.6 Å². The maximum absolute atomic E-state index is 13.1. The highest BCUT2D eigenvalue weighted by molar-refractivity contribution is 7.92. The van der Waals surface area contributed by atoms with Gasteiger partial charge in [-0.15, -0.1) is 0 Å². The first-order valence-electron chi connectivity index (χ1n) is 10.4. The van der Waals surface area contributed by atoms with Crippen molar-refractivity contribution in [1.29, 1.82) is 0 Å². The van der Waals surface area contributed by atoms with Crippen LogP contribution >= 0.6 is 11.6 Å². The number of halogens is 4. The van der Waals surface area contributed by atoms with Crippen molar-refractivity contribution in [2.24, 2.45) is 0 Å². The summed E-state index contributed by atoms with van der Waals surface area (Å²) in [5.74, 6) is -3.81. The lowest BCUT2D eigenvalue weighted by molar-refractivity contribution is -0.192. The van der Waals surface area contributed by atoms with E-state index < -0.39 is 28.1 Å². The van der Waals surface area contributed by atoms with Crippen LogP contribution in [0.4, 0.5) is 24.5 Å². The number of alkyl halides is 3. The highest BCUT2D eigenvalue weighted by Gasteiger charge is 2.38. The first-order valence-corrected chi connectivity index (χ1v) is 12.3. The van der Waals surface area contributed by atoms with Gasteiger partial charge in [0.05, 0.1) is 24.0 Å². The summed E-state index contributed by atoms with van der Waals surface area (Å²) in [6.07, 6.45) is -5.08. The van der Waals surface area contributed by atoms with E-state index in [4.69, 9.17) is 26.2 Å². The summed E-state index contributed by atoms with van der Waals surface area (Å²) in [4.78, 5) is 22.0. The van der Waals surface area contributed by atoms with Crippen molar-refractivity contribution in [3.63, 3.8) is 0 Å². The number of nitrogens with one attached hydrogen (secondary N) is 1. The van der Waals surface area contributed by atoms with E-state index in [2.05, 4.69) is 4.72 Å². The normalized spacial score (nSPS) is 11.1. The number of ether oxygens (including phenoxy) is 1. The van der Waals surface area contributed by atoms with Crippen LogP contribution in [0.1, 0.15) is 15.9 Å². The van der Waals surface area contributed by atoms with E-state index in [0.717, 1.165) is 5.56 Å². The summed E-state index contributed by atoms with van der Waals surface area (Å²) >= 11 is 5.99. The maximum Gasteiger partial charge on any atom is 0.490 e. The predicted octanol–water partition coefficient (Wildman–Crippen LogP) is 5.12. The molecule has 0 aliphatic carbocycles. The van der Waals surface area contributed by atoms with Gasteiger partial charge in [-0.25, -0.2) is 18.0 Å². The molecule has 0 saturated carbocycles. The largest absolute Gasteiger partial charge is 0.495 e. The highest BCUT2D eigenvalue weighted by atomic mass is 35.5. The number of rotatable bonds is 8. The van der Waals surface area contributed by atoms with Gasteiger partial charge in [-0.3, -0.25) is 4.72 Å². The summed E-state index contributed by atoms with van der Waals surface area (Å²) in [5.41, 5.74) is 1.60. The SMILES string of the molecule is COc1ccc(Cl)cc1S(=O)(=O)Nc1cc(C(=O)O)ccc1N(C)Cc1ccccc1.O=C(O)C(F)(F)F. The van der Waals surface area contributed by atoms with Crippen LogP contribution in [0.2, 0.25) is 5.02 Å². The summed E-state index contributed by atoms with van der Waals surface area (Å²) in [7, 11) is -0.983. The lowest BCUT2D eigenvalue weighted by atomic mass is 10.1. The van der Waals surface area contributed by atoms with Crippen molar-refractivity contribution in [1.82, 2.24) is 0 Å². The van der Waals surface area contributed by atoms with Gasteiger partial charge in [0.15, 0.2) is 0 Å². The number of carbonyl (C=O) groups is 2. The molecule has 3 rings (SSSR count). The van der Waals surface area contributed by atoms with E-state index in [1.54, 1.807) is 13.1 Å². The van der Waals surface area contributed by atoms with Crippen molar-refractivity contribution < 1.29 is 46.1 Å². The van der Waals surface area contributed by atoms with E-state index in [9.17, 15) is 31.5 Å². The third kappa shape index (κ3) is 8.28. The number of aromatic carboxylic acids is 1. The monoisotopic (exact) mass is 574 g/mol. The molecule has 0 heterocycles. The molecule has 0 radical (unpaired) electrons. The van der Waals surface area contributed by atoms with Crippen LogP contribution in [-0.4, -0.2) is 50.9 Å². The van der Waals surface area contributed by atoms with E-state index >= 15 is 0 Å². The van der Waals surface area contributed by atoms with Crippen LogP contribution in [0.25, 0.3) is 0 Å². The number of hydrogen-bond donors (Lipinski definition) is 3. The van der Waals surface area contributed by atoms with Crippen molar-refractivity contribution in [2.45, 2.75) is 17.6 Å². The van der Waals surface area contributed by atoms with Crippen LogP contribution in [0.3, 0.4) is 0 Å². The number of aliphatic carboxylic acids is 1. The average molecular weight is 575 g/mol. The lowest BCUT2D eigenvalue weighted by Crippen LogP contribution is -2.21. The smallest absolute Gasteiger partial charge is 0.490 e. The van der Waals surface area contributed by atoms with E-state index in [1.165, 1.54) is 37.4 Å². The predicted molar refractivity (Wildman–Crippen MR) is 134 cm³/mol. The Kier molecular flexibility index (Phi) is 9.97. The number of sulfonamides is 1. The Bertz CT molecular complexity index is 1400. The molecule has 38 heavy (non-hydrogen) atoms. The highest BCUT2D eigenvalue weighted by Crippen LogP contribution is 2.33. The minimum Gasteiger partial charge on any atom is -0.495 e. The van der Waals surface area contributed by atoms with Gasteiger partial charge >= 0.3 is 18.1 Å². The molecule has 0 bridgehead atoms. The van der Waals surface area contributed by atoms with E-state index in [-0.39, 0.29) is 26.9 Å². The summed E-state index contributed by atoms with van der Waals surface area (Å²) in [5, 5.41) is 16.7. The van der Waals surface area contributed by atoms with Gasteiger partial charge in [0.25, 0.3) is 10.0 Å². The number of anilines is 2. The number of methoxy groups -OCH3 is 1.